The Hall–Kier alpha value is -1.50. The van der Waals surface area contributed by atoms with Gasteiger partial charge >= 0.3 is 0 Å². The number of nitrogens with two attached hydrogens (primary N) is 1. The highest BCUT2D eigenvalue weighted by Crippen LogP contribution is 2.28. The fourth-order valence-electron chi connectivity index (χ4n) is 3.81. The first-order valence-electron chi connectivity index (χ1n) is 8.77. The highest BCUT2D eigenvalue weighted by atomic mass is 19.1. The van der Waals surface area contributed by atoms with Crippen LogP contribution in [0.15, 0.2) is 24.3 Å². The van der Waals surface area contributed by atoms with E-state index in [1.165, 1.54) is 6.07 Å². The van der Waals surface area contributed by atoms with Gasteiger partial charge in [-0.15, -0.1) is 0 Å². The van der Waals surface area contributed by atoms with Crippen LogP contribution in [0.4, 0.5) is 4.39 Å². The minimum absolute atomic E-state index is 0.0952. The Morgan fingerprint density at radius 2 is 2.08 bits per heavy atom. The molecule has 0 bridgehead atoms. The number of amides is 1. The number of ether oxygens (including phenoxy) is 1. The Bertz CT molecular complexity index is 563. The summed E-state index contributed by atoms with van der Waals surface area (Å²) in [4.78, 5) is 15.0. The number of hydrogen-bond donors (Lipinski definition) is 2. The van der Waals surface area contributed by atoms with E-state index in [9.17, 15) is 9.18 Å². The fraction of sp³-hybridized carbons (Fsp3) is 0.611. The number of morpholine rings is 1. The Kier molecular flexibility index (Phi) is 5.81. The molecule has 1 heterocycles. The van der Waals surface area contributed by atoms with Crippen molar-refractivity contribution >= 4 is 5.91 Å². The third kappa shape index (κ3) is 3.77. The molecular weight excluding hydrogens is 309 g/mol. The number of halogens is 1. The molecule has 2 fully saturated rings. The van der Waals surface area contributed by atoms with E-state index in [0.717, 1.165) is 19.3 Å². The first kappa shape index (κ1) is 17.3. The molecule has 1 aliphatic heterocycles. The lowest BCUT2D eigenvalue weighted by molar-refractivity contribution is -0.129. The SMILES string of the molecule is NC[C@@H]1CCC[C@H]1NC(=O)[C@@H](c1ccccc1F)N1CCOCC1. The molecule has 0 radical (unpaired) electrons. The van der Waals surface area contributed by atoms with Crippen LogP contribution in [-0.2, 0) is 9.53 Å². The van der Waals surface area contributed by atoms with Gasteiger partial charge < -0.3 is 15.8 Å². The third-order valence-electron chi connectivity index (χ3n) is 5.15. The molecule has 1 saturated carbocycles. The maximum Gasteiger partial charge on any atom is 0.242 e. The molecule has 1 amide bonds. The van der Waals surface area contributed by atoms with Crippen LogP contribution in [0.2, 0.25) is 0 Å². The van der Waals surface area contributed by atoms with E-state index in [1.807, 2.05) is 4.90 Å². The van der Waals surface area contributed by atoms with Gasteiger partial charge in [-0.2, -0.15) is 0 Å². The molecule has 2 aliphatic rings. The smallest absolute Gasteiger partial charge is 0.242 e. The lowest BCUT2D eigenvalue weighted by Crippen LogP contribution is -2.49. The molecule has 1 aliphatic carbocycles. The summed E-state index contributed by atoms with van der Waals surface area (Å²) in [6.45, 7) is 2.95. The number of rotatable bonds is 5. The van der Waals surface area contributed by atoms with E-state index in [-0.39, 0.29) is 17.8 Å². The molecule has 24 heavy (non-hydrogen) atoms. The molecule has 1 saturated heterocycles. The average Bonchev–Trinajstić information content (AvgIpc) is 3.05. The molecule has 132 valence electrons. The molecule has 1 aromatic carbocycles. The number of nitrogens with zero attached hydrogens (tertiary/aromatic N) is 1. The van der Waals surface area contributed by atoms with Crippen LogP contribution in [0.1, 0.15) is 30.9 Å². The van der Waals surface area contributed by atoms with Crippen LogP contribution in [0.25, 0.3) is 0 Å². The summed E-state index contributed by atoms with van der Waals surface area (Å²) < 4.78 is 19.7. The van der Waals surface area contributed by atoms with Crippen molar-refractivity contribution in [3.8, 4) is 0 Å². The minimum Gasteiger partial charge on any atom is -0.379 e. The second-order valence-electron chi connectivity index (χ2n) is 6.61. The minimum atomic E-state index is -0.617. The quantitative estimate of drug-likeness (QED) is 0.854. The second kappa shape index (κ2) is 8.05. The summed E-state index contributed by atoms with van der Waals surface area (Å²) in [5.41, 5.74) is 6.25. The summed E-state index contributed by atoms with van der Waals surface area (Å²) in [6, 6.07) is 6.01. The first-order chi connectivity index (χ1) is 11.7. The largest absolute Gasteiger partial charge is 0.379 e. The van der Waals surface area contributed by atoms with Crippen molar-refractivity contribution in [3.63, 3.8) is 0 Å². The molecule has 6 heteroatoms. The van der Waals surface area contributed by atoms with Crippen molar-refractivity contribution in [2.45, 2.75) is 31.3 Å². The monoisotopic (exact) mass is 335 g/mol. The number of carbonyl (C=O) groups is 1. The highest BCUT2D eigenvalue weighted by molar-refractivity contribution is 5.83. The van der Waals surface area contributed by atoms with Gasteiger partial charge in [-0.1, -0.05) is 24.6 Å². The van der Waals surface area contributed by atoms with Gasteiger partial charge in [-0.25, -0.2) is 4.39 Å². The van der Waals surface area contributed by atoms with Crippen molar-refractivity contribution in [2.75, 3.05) is 32.8 Å². The zero-order valence-electron chi connectivity index (χ0n) is 13.9. The third-order valence-corrected chi connectivity index (χ3v) is 5.15. The van der Waals surface area contributed by atoms with Crippen molar-refractivity contribution in [3.05, 3.63) is 35.6 Å². The fourth-order valence-corrected chi connectivity index (χ4v) is 3.81. The molecule has 1 aromatic rings. The van der Waals surface area contributed by atoms with Crippen LogP contribution in [0.5, 0.6) is 0 Å². The van der Waals surface area contributed by atoms with Crippen LogP contribution in [-0.4, -0.2) is 49.7 Å². The summed E-state index contributed by atoms with van der Waals surface area (Å²) in [5, 5.41) is 3.13. The maximum atomic E-state index is 14.4. The van der Waals surface area contributed by atoms with Gasteiger partial charge in [0.25, 0.3) is 0 Å². The molecule has 3 rings (SSSR count). The predicted molar refractivity (Wildman–Crippen MR) is 89.9 cm³/mol. The van der Waals surface area contributed by atoms with Gasteiger partial charge in [-0.3, -0.25) is 9.69 Å². The number of hydrogen-bond acceptors (Lipinski definition) is 4. The molecule has 5 nitrogen and oxygen atoms in total. The number of carbonyl (C=O) groups excluding carboxylic acids is 1. The van der Waals surface area contributed by atoms with E-state index >= 15 is 0 Å². The number of nitrogens with one attached hydrogen (secondary N) is 1. The summed E-state index contributed by atoms with van der Waals surface area (Å²) in [5.74, 6) is -0.154. The molecule has 3 N–H and O–H groups in total. The topological polar surface area (TPSA) is 67.6 Å². The first-order valence-corrected chi connectivity index (χ1v) is 8.77. The van der Waals surface area contributed by atoms with Crippen LogP contribution >= 0.6 is 0 Å². The summed E-state index contributed by atoms with van der Waals surface area (Å²) in [7, 11) is 0. The normalized spacial score (nSPS) is 26.2. The Morgan fingerprint density at radius 3 is 2.79 bits per heavy atom. The van der Waals surface area contributed by atoms with Gasteiger partial charge in [0.15, 0.2) is 0 Å². The van der Waals surface area contributed by atoms with Crippen molar-refractivity contribution < 1.29 is 13.9 Å². The van der Waals surface area contributed by atoms with Crippen LogP contribution in [0, 0.1) is 11.7 Å². The Labute approximate surface area is 142 Å². The summed E-state index contributed by atoms with van der Waals surface area (Å²) >= 11 is 0. The van der Waals surface area contributed by atoms with Crippen molar-refractivity contribution in [2.24, 2.45) is 11.7 Å². The van der Waals surface area contributed by atoms with Crippen LogP contribution < -0.4 is 11.1 Å². The zero-order valence-corrected chi connectivity index (χ0v) is 13.9. The molecule has 0 spiro atoms. The lowest BCUT2D eigenvalue weighted by atomic mass is 10.00. The average molecular weight is 335 g/mol. The number of benzene rings is 1. The maximum absolute atomic E-state index is 14.4. The molecule has 0 aromatic heterocycles. The van der Waals surface area contributed by atoms with E-state index in [4.69, 9.17) is 10.5 Å². The van der Waals surface area contributed by atoms with Crippen LogP contribution in [0.3, 0.4) is 0 Å². The van der Waals surface area contributed by atoms with Gasteiger partial charge in [0.1, 0.15) is 11.9 Å². The zero-order chi connectivity index (χ0) is 16.9. The lowest BCUT2D eigenvalue weighted by Gasteiger charge is -2.35. The molecule has 0 unspecified atom stereocenters. The highest BCUT2D eigenvalue weighted by Gasteiger charge is 2.34. The summed E-state index contributed by atoms with van der Waals surface area (Å²) in [6.07, 6.45) is 3.07. The predicted octanol–water partition coefficient (Wildman–Crippen LogP) is 1.44. The van der Waals surface area contributed by atoms with Crippen molar-refractivity contribution in [1.29, 1.82) is 0 Å². The standard InChI is InChI=1S/C18H26FN3O2/c19-15-6-2-1-5-14(15)17(22-8-10-24-11-9-22)18(23)21-16-7-3-4-13(16)12-20/h1-2,5-6,13,16-17H,3-4,7-12,20H2,(H,21,23)/t13-,16+,17+/m0/s1. The van der Waals surface area contributed by atoms with Gasteiger partial charge in [0.2, 0.25) is 5.91 Å². The van der Waals surface area contributed by atoms with E-state index < -0.39 is 6.04 Å². The van der Waals surface area contributed by atoms with Gasteiger partial charge in [-0.05, 0) is 31.4 Å². The van der Waals surface area contributed by atoms with Gasteiger partial charge in [0.05, 0.1) is 13.2 Å². The van der Waals surface area contributed by atoms with E-state index in [0.29, 0.717) is 44.3 Å². The Balaban J connectivity index is 1.81. The molecule has 3 atom stereocenters. The van der Waals surface area contributed by atoms with Crippen molar-refractivity contribution in [1.82, 2.24) is 10.2 Å². The van der Waals surface area contributed by atoms with Gasteiger partial charge in [0, 0.05) is 24.7 Å². The second-order valence-corrected chi connectivity index (χ2v) is 6.61. The Morgan fingerprint density at radius 1 is 1.33 bits per heavy atom. The van der Waals surface area contributed by atoms with E-state index in [2.05, 4.69) is 5.32 Å². The van der Waals surface area contributed by atoms with E-state index in [1.54, 1.807) is 18.2 Å². The molecular formula is C18H26FN3O2.